The first-order valence-electron chi connectivity index (χ1n) is 10.7. The minimum Gasteiger partial charge on any atom is -0.378 e. The van der Waals surface area contributed by atoms with Crippen LogP contribution in [0, 0.1) is 11.3 Å². The summed E-state index contributed by atoms with van der Waals surface area (Å²) in [5, 5.41) is 19.0. The Balaban J connectivity index is 1.70. The smallest absolute Gasteiger partial charge is 0.132 e. The Morgan fingerprint density at radius 3 is 2.90 bits per heavy atom. The van der Waals surface area contributed by atoms with Crippen molar-refractivity contribution in [3.05, 3.63) is 47.7 Å². The SMILES string of the molecule is CC(C)c1cn(Cc2nc3cnc4ccc(C#N)cc4c3n2[C@@H]2CCO[C@H](C)C2)nn1. The first-order chi connectivity index (χ1) is 15.0. The van der Waals surface area contributed by atoms with Crippen LogP contribution in [0.5, 0.6) is 0 Å². The molecule has 0 amide bonds. The molecule has 2 atom stereocenters. The average molecular weight is 416 g/mol. The molecule has 0 aliphatic carbocycles. The zero-order valence-electron chi connectivity index (χ0n) is 18.0. The molecular weight excluding hydrogens is 390 g/mol. The van der Waals surface area contributed by atoms with Gasteiger partial charge in [0.2, 0.25) is 0 Å². The molecule has 8 nitrogen and oxygen atoms in total. The highest BCUT2D eigenvalue weighted by atomic mass is 16.5. The second-order valence-corrected chi connectivity index (χ2v) is 8.59. The van der Waals surface area contributed by atoms with Crippen molar-refractivity contribution >= 4 is 21.9 Å². The lowest BCUT2D eigenvalue weighted by Gasteiger charge is -2.30. The molecule has 31 heavy (non-hydrogen) atoms. The second kappa shape index (κ2) is 7.75. The van der Waals surface area contributed by atoms with Crippen LogP contribution in [-0.2, 0) is 11.3 Å². The predicted octanol–water partition coefficient (Wildman–Crippen LogP) is 3.96. The van der Waals surface area contributed by atoms with E-state index >= 15 is 0 Å². The standard InChI is InChI=1S/C23H25N7O/c1-14(2)21-12-29(28-27-21)13-22-26-20-11-25-19-5-4-16(10-24)9-18(19)23(20)30(22)17-6-7-31-15(3)8-17/h4-5,9,11-12,14-15,17H,6-8,13H2,1-3H3/t15-,17-/m1/s1. The average Bonchev–Trinajstić information content (AvgIpc) is 3.38. The van der Waals surface area contributed by atoms with E-state index in [9.17, 15) is 5.26 Å². The van der Waals surface area contributed by atoms with Crippen molar-refractivity contribution in [3.63, 3.8) is 0 Å². The molecule has 1 aliphatic heterocycles. The first-order valence-corrected chi connectivity index (χ1v) is 10.7. The van der Waals surface area contributed by atoms with Crippen molar-refractivity contribution in [2.45, 2.75) is 58.2 Å². The van der Waals surface area contributed by atoms with Crippen molar-refractivity contribution in [1.82, 2.24) is 29.5 Å². The van der Waals surface area contributed by atoms with Gasteiger partial charge in [-0.05, 0) is 43.9 Å². The van der Waals surface area contributed by atoms with Crippen LogP contribution >= 0.6 is 0 Å². The molecule has 1 fully saturated rings. The summed E-state index contributed by atoms with van der Waals surface area (Å²) < 4.78 is 10.00. The van der Waals surface area contributed by atoms with E-state index in [2.05, 4.69) is 46.7 Å². The fourth-order valence-electron chi connectivity index (χ4n) is 4.41. The lowest BCUT2D eigenvalue weighted by molar-refractivity contribution is 0.00619. The Morgan fingerprint density at radius 2 is 2.16 bits per heavy atom. The molecule has 0 bridgehead atoms. The first kappa shape index (κ1) is 19.6. The van der Waals surface area contributed by atoms with E-state index in [1.165, 1.54) is 0 Å². The summed E-state index contributed by atoms with van der Waals surface area (Å²) in [6.07, 6.45) is 5.83. The molecule has 158 valence electrons. The maximum Gasteiger partial charge on any atom is 0.132 e. The molecule has 5 rings (SSSR count). The van der Waals surface area contributed by atoms with E-state index in [-0.39, 0.29) is 12.1 Å². The molecule has 0 N–H and O–H groups in total. The highest BCUT2D eigenvalue weighted by Crippen LogP contribution is 2.34. The summed E-state index contributed by atoms with van der Waals surface area (Å²) in [7, 11) is 0. The number of imidazole rings is 1. The fraction of sp³-hybridized carbons (Fsp3) is 0.435. The molecule has 3 aromatic heterocycles. The van der Waals surface area contributed by atoms with Crippen LogP contribution in [0.4, 0.5) is 0 Å². The van der Waals surface area contributed by atoms with Crippen LogP contribution < -0.4 is 0 Å². The zero-order chi connectivity index (χ0) is 21.5. The van der Waals surface area contributed by atoms with E-state index in [0.717, 1.165) is 52.9 Å². The summed E-state index contributed by atoms with van der Waals surface area (Å²) in [5.41, 5.74) is 4.31. The van der Waals surface area contributed by atoms with Crippen LogP contribution in [0.2, 0.25) is 0 Å². The zero-order valence-corrected chi connectivity index (χ0v) is 18.0. The molecule has 8 heteroatoms. The normalized spacial score (nSPS) is 19.3. The van der Waals surface area contributed by atoms with Gasteiger partial charge in [0.05, 0.1) is 40.7 Å². The van der Waals surface area contributed by atoms with Crippen LogP contribution in [0.3, 0.4) is 0 Å². The number of nitriles is 1. The lowest BCUT2D eigenvalue weighted by Crippen LogP contribution is -2.27. The number of nitrogens with zero attached hydrogens (tertiary/aromatic N) is 7. The Bertz CT molecular complexity index is 1300. The van der Waals surface area contributed by atoms with Crippen LogP contribution in [0.15, 0.2) is 30.6 Å². The second-order valence-electron chi connectivity index (χ2n) is 8.59. The molecule has 1 saturated heterocycles. The number of hydrogen-bond donors (Lipinski definition) is 0. The van der Waals surface area contributed by atoms with Crippen LogP contribution in [-0.4, -0.2) is 42.2 Å². The quantitative estimate of drug-likeness (QED) is 0.501. The van der Waals surface area contributed by atoms with Gasteiger partial charge in [-0.25, -0.2) is 9.67 Å². The van der Waals surface area contributed by atoms with Gasteiger partial charge >= 0.3 is 0 Å². The number of ether oxygens (including phenoxy) is 1. The maximum atomic E-state index is 9.44. The van der Waals surface area contributed by atoms with Gasteiger partial charge in [-0.1, -0.05) is 19.1 Å². The van der Waals surface area contributed by atoms with E-state index in [1.807, 2.05) is 35.3 Å². The van der Waals surface area contributed by atoms with Crippen molar-refractivity contribution in [2.24, 2.45) is 0 Å². The van der Waals surface area contributed by atoms with Crippen LogP contribution in [0.1, 0.15) is 62.7 Å². The van der Waals surface area contributed by atoms with Gasteiger partial charge in [0.25, 0.3) is 0 Å². The number of pyridine rings is 1. The van der Waals surface area contributed by atoms with Gasteiger partial charge in [-0.3, -0.25) is 4.98 Å². The lowest BCUT2D eigenvalue weighted by atomic mass is 10.0. The molecule has 0 unspecified atom stereocenters. The molecule has 1 aromatic carbocycles. The number of rotatable bonds is 4. The van der Waals surface area contributed by atoms with Crippen molar-refractivity contribution in [2.75, 3.05) is 6.61 Å². The Morgan fingerprint density at radius 1 is 1.29 bits per heavy atom. The van der Waals surface area contributed by atoms with Gasteiger partial charge < -0.3 is 9.30 Å². The van der Waals surface area contributed by atoms with E-state index < -0.39 is 0 Å². The van der Waals surface area contributed by atoms with Gasteiger partial charge in [0.1, 0.15) is 17.9 Å². The highest BCUT2D eigenvalue weighted by molar-refractivity contribution is 6.02. The molecule has 4 heterocycles. The number of hydrogen-bond acceptors (Lipinski definition) is 6. The Labute approximate surface area is 180 Å². The molecule has 0 radical (unpaired) electrons. The van der Waals surface area contributed by atoms with Crippen LogP contribution in [0.25, 0.3) is 21.9 Å². The fourth-order valence-corrected chi connectivity index (χ4v) is 4.41. The highest BCUT2D eigenvalue weighted by Gasteiger charge is 2.26. The van der Waals surface area contributed by atoms with Gasteiger partial charge in [-0.15, -0.1) is 5.10 Å². The summed E-state index contributed by atoms with van der Waals surface area (Å²) in [6.45, 7) is 7.58. The summed E-state index contributed by atoms with van der Waals surface area (Å²) in [6, 6.07) is 8.14. The van der Waals surface area contributed by atoms with E-state index in [4.69, 9.17) is 9.72 Å². The Kier molecular flexibility index (Phi) is 4.91. The largest absolute Gasteiger partial charge is 0.378 e. The minimum absolute atomic E-state index is 0.186. The molecule has 0 saturated carbocycles. The van der Waals surface area contributed by atoms with E-state index in [1.54, 1.807) is 0 Å². The number of fused-ring (bicyclic) bond motifs is 3. The van der Waals surface area contributed by atoms with Gasteiger partial charge in [0.15, 0.2) is 0 Å². The van der Waals surface area contributed by atoms with Crippen molar-refractivity contribution in [3.8, 4) is 6.07 Å². The summed E-state index contributed by atoms with van der Waals surface area (Å²) in [4.78, 5) is 9.54. The van der Waals surface area contributed by atoms with Gasteiger partial charge in [0, 0.05) is 24.2 Å². The molecule has 0 spiro atoms. The predicted molar refractivity (Wildman–Crippen MR) is 117 cm³/mol. The number of benzene rings is 1. The summed E-state index contributed by atoms with van der Waals surface area (Å²) >= 11 is 0. The number of aromatic nitrogens is 6. The third-order valence-corrected chi connectivity index (χ3v) is 5.99. The maximum absolute atomic E-state index is 9.44. The Hall–Kier alpha value is -3.31. The topological polar surface area (TPSA) is 94.4 Å². The van der Waals surface area contributed by atoms with E-state index in [0.29, 0.717) is 18.0 Å². The monoisotopic (exact) mass is 415 g/mol. The molecule has 4 aromatic rings. The molecule has 1 aliphatic rings. The minimum atomic E-state index is 0.186. The third kappa shape index (κ3) is 3.55. The van der Waals surface area contributed by atoms with Gasteiger partial charge in [-0.2, -0.15) is 5.26 Å². The molecular formula is C23H25N7O. The third-order valence-electron chi connectivity index (χ3n) is 5.99. The summed E-state index contributed by atoms with van der Waals surface area (Å²) in [5.74, 6) is 1.24. The van der Waals surface area contributed by atoms with Crippen molar-refractivity contribution in [1.29, 1.82) is 5.26 Å². The van der Waals surface area contributed by atoms with Crippen molar-refractivity contribution < 1.29 is 4.74 Å².